The lowest BCUT2D eigenvalue weighted by Gasteiger charge is -1.98. The molecule has 0 unspecified atom stereocenters. The van der Waals surface area contributed by atoms with E-state index in [1.54, 1.807) is 12.1 Å². The van der Waals surface area contributed by atoms with Crippen molar-refractivity contribution < 1.29 is 8.78 Å². The Labute approximate surface area is 79.1 Å². The number of hydrogen-bond donors (Lipinski definition) is 1. The van der Waals surface area contributed by atoms with Crippen LogP contribution in [0.3, 0.4) is 0 Å². The second kappa shape index (κ2) is 3.25. The fraction of sp³-hybridized carbons (Fsp3) is 0.222. The number of fused-ring (bicyclic) bond motifs is 1. The summed E-state index contributed by atoms with van der Waals surface area (Å²) in [5.74, 6) is -0.610. The van der Waals surface area contributed by atoms with Gasteiger partial charge in [0.05, 0.1) is 17.4 Å². The van der Waals surface area contributed by atoms with Crippen LogP contribution in [0.5, 0.6) is 0 Å². The van der Waals surface area contributed by atoms with Crippen molar-refractivity contribution in [3.63, 3.8) is 0 Å². The van der Waals surface area contributed by atoms with E-state index in [4.69, 9.17) is 5.73 Å². The van der Waals surface area contributed by atoms with Gasteiger partial charge in [0, 0.05) is 5.69 Å². The van der Waals surface area contributed by atoms with Gasteiger partial charge in [0.2, 0.25) is 5.95 Å². The van der Waals surface area contributed by atoms with Gasteiger partial charge in [-0.2, -0.15) is 4.39 Å². The van der Waals surface area contributed by atoms with Gasteiger partial charge in [-0.15, -0.1) is 5.10 Å². The number of aromatic nitrogens is 2. The summed E-state index contributed by atoms with van der Waals surface area (Å²) < 4.78 is 26.6. The van der Waals surface area contributed by atoms with E-state index in [2.05, 4.69) is 5.10 Å². The summed E-state index contributed by atoms with van der Waals surface area (Å²) in [6.45, 7) is -0.509. The molecule has 0 aliphatic heterocycles. The predicted molar refractivity (Wildman–Crippen MR) is 50.1 cm³/mol. The number of benzene rings is 1. The molecule has 1 aromatic carbocycles. The van der Waals surface area contributed by atoms with E-state index in [9.17, 15) is 8.78 Å². The van der Waals surface area contributed by atoms with Crippen molar-refractivity contribution in [2.24, 2.45) is 0 Å². The minimum Gasteiger partial charge on any atom is -0.399 e. The van der Waals surface area contributed by atoms with Gasteiger partial charge >= 0.3 is 0 Å². The second-order valence-electron chi connectivity index (χ2n) is 2.98. The predicted octanol–water partition coefficient (Wildman–Crippen LogP) is 1.73. The minimum absolute atomic E-state index is 0.0599. The first kappa shape index (κ1) is 8.93. The maximum absolute atomic E-state index is 13.2. The zero-order chi connectivity index (χ0) is 10.1. The van der Waals surface area contributed by atoms with Crippen molar-refractivity contribution in [2.45, 2.75) is 6.54 Å². The molecule has 2 aromatic rings. The first-order chi connectivity index (χ1) is 6.72. The van der Waals surface area contributed by atoms with Gasteiger partial charge < -0.3 is 5.73 Å². The largest absolute Gasteiger partial charge is 0.399 e. The van der Waals surface area contributed by atoms with E-state index in [1.165, 1.54) is 10.7 Å². The maximum Gasteiger partial charge on any atom is 0.240 e. The molecule has 0 bridgehead atoms. The summed E-state index contributed by atoms with van der Waals surface area (Å²) in [4.78, 5) is 0. The highest BCUT2D eigenvalue weighted by Gasteiger charge is 2.09. The Hall–Kier alpha value is -1.65. The Balaban J connectivity index is 2.65. The van der Waals surface area contributed by atoms with E-state index >= 15 is 0 Å². The van der Waals surface area contributed by atoms with Crippen molar-refractivity contribution in [1.29, 1.82) is 0 Å². The van der Waals surface area contributed by atoms with Gasteiger partial charge in [-0.05, 0) is 18.2 Å². The molecule has 2 rings (SSSR count). The highest BCUT2D eigenvalue weighted by atomic mass is 19.1. The average molecular weight is 197 g/mol. The zero-order valence-electron chi connectivity index (χ0n) is 7.37. The quantitative estimate of drug-likeness (QED) is 0.745. The summed E-state index contributed by atoms with van der Waals surface area (Å²) >= 11 is 0. The van der Waals surface area contributed by atoms with E-state index in [0.717, 1.165) is 0 Å². The molecular weight excluding hydrogens is 188 g/mol. The van der Waals surface area contributed by atoms with Crippen molar-refractivity contribution in [3.05, 3.63) is 24.1 Å². The summed E-state index contributed by atoms with van der Waals surface area (Å²) in [7, 11) is 0. The molecule has 5 heteroatoms. The van der Waals surface area contributed by atoms with Gasteiger partial charge in [0.25, 0.3) is 0 Å². The lowest BCUT2D eigenvalue weighted by atomic mass is 10.2. The third kappa shape index (κ3) is 1.30. The number of rotatable bonds is 2. The molecular formula is C9H9F2N3. The van der Waals surface area contributed by atoms with E-state index < -0.39 is 12.6 Å². The van der Waals surface area contributed by atoms with Crippen LogP contribution in [0.2, 0.25) is 0 Å². The molecule has 0 aliphatic rings. The van der Waals surface area contributed by atoms with Crippen LogP contribution in [-0.2, 0) is 6.54 Å². The molecule has 1 aromatic heterocycles. The SMILES string of the molecule is Nc1ccc2c(c1)c(F)nn2CCF. The van der Waals surface area contributed by atoms with E-state index in [0.29, 0.717) is 16.6 Å². The number of nitrogen functional groups attached to an aromatic ring is 1. The molecule has 0 amide bonds. The molecule has 0 saturated carbocycles. The average Bonchev–Trinajstić information content (AvgIpc) is 2.44. The Bertz CT molecular complexity index is 464. The summed E-state index contributed by atoms with van der Waals surface area (Å²) in [5.41, 5.74) is 6.53. The smallest absolute Gasteiger partial charge is 0.240 e. The van der Waals surface area contributed by atoms with Crippen LogP contribution in [0.15, 0.2) is 18.2 Å². The fourth-order valence-corrected chi connectivity index (χ4v) is 1.41. The molecule has 3 nitrogen and oxygen atoms in total. The molecule has 0 spiro atoms. The standard InChI is InChI=1S/C9H9F2N3/c10-3-4-14-8-2-1-6(12)5-7(8)9(11)13-14/h1-2,5H,3-4,12H2. The highest BCUT2D eigenvalue weighted by molar-refractivity contribution is 5.82. The van der Waals surface area contributed by atoms with Gasteiger partial charge in [-0.3, -0.25) is 4.68 Å². The van der Waals surface area contributed by atoms with Crippen LogP contribution in [-0.4, -0.2) is 16.5 Å². The number of alkyl halides is 1. The molecule has 0 aliphatic carbocycles. The normalized spacial score (nSPS) is 11.0. The van der Waals surface area contributed by atoms with Crippen LogP contribution in [0.25, 0.3) is 10.9 Å². The number of aryl methyl sites for hydroxylation is 1. The molecule has 0 saturated heterocycles. The Morgan fingerprint density at radius 1 is 1.43 bits per heavy atom. The second-order valence-corrected chi connectivity index (χ2v) is 2.98. The molecule has 2 N–H and O–H groups in total. The Kier molecular flexibility index (Phi) is 2.07. The van der Waals surface area contributed by atoms with Gasteiger partial charge in [-0.1, -0.05) is 0 Å². The molecule has 0 radical (unpaired) electrons. The summed E-state index contributed by atoms with van der Waals surface area (Å²) in [5, 5.41) is 3.91. The van der Waals surface area contributed by atoms with Crippen LogP contribution in [0, 0.1) is 5.95 Å². The molecule has 0 atom stereocenters. The highest BCUT2D eigenvalue weighted by Crippen LogP contribution is 2.20. The minimum atomic E-state index is -0.610. The van der Waals surface area contributed by atoms with Crippen LogP contribution in [0.4, 0.5) is 14.5 Å². The van der Waals surface area contributed by atoms with E-state index in [1.807, 2.05) is 0 Å². The van der Waals surface area contributed by atoms with Crippen molar-refractivity contribution in [3.8, 4) is 0 Å². The summed E-state index contributed by atoms with van der Waals surface area (Å²) in [6, 6.07) is 4.76. The number of nitrogens with two attached hydrogens (primary N) is 1. The molecule has 74 valence electrons. The van der Waals surface area contributed by atoms with E-state index in [-0.39, 0.29) is 6.54 Å². The number of nitrogens with zero attached hydrogens (tertiary/aromatic N) is 2. The van der Waals surface area contributed by atoms with Crippen LogP contribution in [0.1, 0.15) is 0 Å². The van der Waals surface area contributed by atoms with Crippen molar-refractivity contribution >= 4 is 16.6 Å². The van der Waals surface area contributed by atoms with Gasteiger partial charge in [-0.25, -0.2) is 4.39 Å². The van der Waals surface area contributed by atoms with Crippen LogP contribution < -0.4 is 5.73 Å². The maximum atomic E-state index is 13.2. The third-order valence-corrected chi connectivity index (χ3v) is 2.03. The number of halogens is 2. The first-order valence-electron chi connectivity index (χ1n) is 4.20. The fourth-order valence-electron chi connectivity index (χ4n) is 1.41. The Morgan fingerprint density at radius 2 is 2.21 bits per heavy atom. The Morgan fingerprint density at radius 3 is 2.93 bits per heavy atom. The van der Waals surface area contributed by atoms with Crippen molar-refractivity contribution in [1.82, 2.24) is 9.78 Å². The van der Waals surface area contributed by atoms with Gasteiger partial charge in [0.1, 0.15) is 6.67 Å². The topological polar surface area (TPSA) is 43.8 Å². The van der Waals surface area contributed by atoms with Gasteiger partial charge in [0.15, 0.2) is 0 Å². The molecule has 0 fully saturated rings. The zero-order valence-corrected chi connectivity index (χ0v) is 7.37. The monoisotopic (exact) mass is 197 g/mol. The first-order valence-corrected chi connectivity index (χ1v) is 4.20. The molecule has 1 heterocycles. The molecule has 14 heavy (non-hydrogen) atoms. The van der Waals surface area contributed by atoms with Crippen molar-refractivity contribution in [2.75, 3.05) is 12.4 Å². The lowest BCUT2D eigenvalue weighted by Crippen LogP contribution is -2.01. The lowest BCUT2D eigenvalue weighted by molar-refractivity contribution is 0.422. The summed E-state index contributed by atoms with van der Waals surface area (Å²) in [6.07, 6.45) is 0. The number of hydrogen-bond acceptors (Lipinski definition) is 2. The number of anilines is 1. The van der Waals surface area contributed by atoms with Crippen LogP contribution >= 0.6 is 0 Å². The third-order valence-electron chi connectivity index (χ3n) is 2.03.